The first kappa shape index (κ1) is 14.9. The lowest BCUT2D eigenvalue weighted by atomic mass is 10.0. The molecule has 1 N–H and O–H groups in total. The van der Waals surface area contributed by atoms with Gasteiger partial charge in [-0.15, -0.1) is 0 Å². The van der Waals surface area contributed by atoms with Crippen molar-refractivity contribution in [2.24, 2.45) is 5.92 Å². The van der Waals surface area contributed by atoms with Crippen molar-refractivity contribution in [3.05, 3.63) is 0 Å². The fraction of sp³-hybridized carbons (Fsp3) is 0.833. The number of nitrogens with one attached hydrogen (secondary N) is 1. The third kappa shape index (κ3) is 3.68. The molecule has 0 bridgehead atoms. The maximum absolute atomic E-state index is 12.2. The fourth-order valence-electron chi connectivity index (χ4n) is 1.96. The number of ether oxygens (including phenoxy) is 2. The number of hydrogen-bond acceptors (Lipinski definition) is 4. The van der Waals surface area contributed by atoms with Gasteiger partial charge < -0.3 is 19.7 Å². The predicted octanol–water partition coefficient (Wildman–Crippen LogP) is -0.369. The molecule has 0 spiro atoms. The molecule has 6 nitrogen and oxygen atoms in total. The number of amides is 2. The summed E-state index contributed by atoms with van der Waals surface area (Å²) in [5, 5.41) is 2.72. The maximum atomic E-state index is 12.2. The van der Waals surface area contributed by atoms with Gasteiger partial charge >= 0.3 is 0 Å². The van der Waals surface area contributed by atoms with E-state index >= 15 is 0 Å². The van der Waals surface area contributed by atoms with Gasteiger partial charge in [0.05, 0.1) is 19.3 Å². The quantitative estimate of drug-likeness (QED) is 0.706. The number of rotatable bonds is 6. The number of carbonyl (C=O) groups is 2. The molecule has 6 heteroatoms. The van der Waals surface area contributed by atoms with E-state index in [0.29, 0.717) is 13.2 Å². The Morgan fingerprint density at radius 2 is 2.06 bits per heavy atom. The van der Waals surface area contributed by atoms with Crippen molar-refractivity contribution >= 4 is 11.8 Å². The number of nitrogens with zero attached hydrogens (tertiary/aromatic N) is 1. The van der Waals surface area contributed by atoms with Crippen LogP contribution in [0.1, 0.15) is 13.8 Å². The van der Waals surface area contributed by atoms with Gasteiger partial charge in [-0.3, -0.25) is 9.59 Å². The van der Waals surface area contributed by atoms with Crippen LogP contribution in [0.4, 0.5) is 0 Å². The molecule has 1 saturated heterocycles. The summed E-state index contributed by atoms with van der Waals surface area (Å²) in [7, 11) is 3.14. The van der Waals surface area contributed by atoms with Crippen LogP contribution in [0.5, 0.6) is 0 Å². The molecule has 104 valence electrons. The summed E-state index contributed by atoms with van der Waals surface area (Å²) >= 11 is 0. The highest BCUT2D eigenvalue weighted by molar-refractivity contribution is 5.95. The number of carbonyl (C=O) groups excluding carboxylic acids is 2. The van der Waals surface area contributed by atoms with Crippen LogP contribution in [-0.4, -0.2) is 62.8 Å². The summed E-state index contributed by atoms with van der Waals surface area (Å²) < 4.78 is 10.2. The van der Waals surface area contributed by atoms with Crippen molar-refractivity contribution in [2.45, 2.75) is 26.0 Å². The number of piperazine rings is 1. The molecule has 0 aliphatic carbocycles. The Bertz CT molecular complexity index is 306. The van der Waals surface area contributed by atoms with Crippen LogP contribution in [0, 0.1) is 5.92 Å². The second-order valence-corrected chi connectivity index (χ2v) is 4.82. The minimum Gasteiger partial charge on any atom is -0.382 e. The summed E-state index contributed by atoms with van der Waals surface area (Å²) in [4.78, 5) is 25.3. The molecule has 1 aliphatic heterocycles. The lowest BCUT2D eigenvalue weighted by Crippen LogP contribution is -2.61. The minimum absolute atomic E-state index is 0.0530. The van der Waals surface area contributed by atoms with Gasteiger partial charge in [-0.25, -0.2) is 0 Å². The summed E-state index contributed by atoms with van der Waals surface area (Å²) in [6, 6.07) is -0.439. The van der Waals surface area contributed by atoms with Crippen LogP contribution < -0.4 is 5.32 Å². The number of methoxy groups -OCH3 is 2. The first-order valence-corrected chi connectivity index (χ1v) is 6.09. The number of hydrogen-bond donors (Lipinski definition) is 1. The Balaban J connectivity index is 2.68. The minimum atomic E-state index is -0.439. The Labute approximate surface area is 108 Å². The van der Waals surface area contributed by atoms with E-state index in [4.69, 9.17) is 9.47 Å². The molecule has 2 atom stereocenters. The first-order valence-electron chi connectivity index (χ1n) is 6.09. The Morgan fingerprint density at radius 3 is 2.56 bits per heavy atom. The molecule has 1 aliphatic rings. The summed E-state index contributed by atoms with van der Waals surface area (Å²) in [5.74, 6) is -0.101. The standard InChI is InChI=1S/C12H22N2O4/c1-8(2)11-12(16)14(6-10(15)13-11)5-9(18-4)7-17-3/h8-9,11H,5-7H2,1-4H3,(H,13,15). The first-order chi connectivity index (χ1) is 8.49. The molecule has 2 amide bonds. The van der Waals surface area contributed by atoms with E-state index in [2.05, 4.69) is 5.32 Å². The fourth-order valence-corrected chi connectivity index (χ4v) is 1.96. The summed E-state index contributed by atoms with van der Waals surface area (Å²) in [6.07, 6.45) is -0.210. The molecular weight excluding hydrogens is 236 g/mol. The second-order valence-electron chi connectivity index (χ2n) is 4.82. The Kier molecular flexibility index (Phi) is 5.55. The molecule has 1 fully saturated rings. The van der Waals surface area contributed by atoms with Crippen molar-refractivity contribution in [2.75, 3.05) is 33.9 Å². The van der Waals surface area contributed by atoms with Gasteiger partial charge in [0.2, 0.25) is 11.8 Å². The van der Waals surface area contributed by atoms with E-state index in [1.165, 1.54) is 4.90 Å². The molecule has 0 aromatic rings. The van der Waals surface area contributed by atoms with Gasteiger partial charge in [0.1, 0.15) is 6.04 Å². The SMILES string of the molecule is COCC(CN1CC(=O)NC(C(C)C)C1=O)OC. The van der Waals surface area contributed by atoms with E-state index in [-0.39, 0.29) is 30.4 Å². The van der Waals surface area contributed by atoms with Crippen molar-refractivity contribution in [3.8, 4) is 0 Å². The summed E-state index contributed by atoms with van der Waals surface area (Å²) in [5.41, 5.74) is 0. The van der Waals surface area contributed by atoms with E-state index in [1.54, 1.807) is 14.2 Å². The maximum Gasteiger partial charge on any atom is 0.245 e. The predicted molar refractivity (Wildman–Crippen MR) is 66.0 cm³/mol. The van der Waals surface area contributed by atoms with Crippen LogP contribution in [0.2, 0.25) is 0 Å². The average Bonchev–Trinajstić information content (AvgIpc) is 2.32. The highest BCUT2D eigenvalue weighted by atomic mass is 16.5. The van der Waals surface area contributed by atoms with Crippen molar-refractivity contribution in [1.29, 1.82) is 0 Å². The normalized spacial score (nSPS) is 22.3. The zero-order chi connectivity index (χ0) is 13.7. The molecule has 2 unspecified atom stereocenters. The molecule has 0 radical (unpaired) electrons. The van der Waals surface area contributed by atoms with Gasteiger partial charge in [-0.2, -0.15) is 0 Å². The van der Waals surface area contributed by atoms with Gasteiger partial charge in [0.15, 0.2) is 0 Å². The highest BCUT2D eigenvalue weighted by Crippen LogP contribution is 2.11. The summed E-state index contributed by atoms with van der Waals surface area (Å²) in [6.45, 7) is 4.68. The monoisotopic (exact) mass is 258 g/mol. The van der Waals surface area contributed by atoms with E-state index in [1.807, 2.05) is 13.8 Å². The van der Waals surface area contributed by atoms with Gasteiger partial charge in [0.25, 0.3) is 0 Å². The zero-order valence-electron chi connectivity index (χ0n) is 11.4. The van der Waals surface area contributed by atoms with Crippen molar-refractivity contribution in [3.63, 3.8) is 0 Å². The smallest absolute Gasteiger partial charge is 0.245 e. The second kappa shape index (κ2) is 6.70. The van der Waals surface area contributed by atoms with Crippen LogP contribution >= 0.6 is 0 Å². The van der Waals surface area contributed by atoms with Crippen LogP contribution in [0.3, 0.4) is 0 Å². The molecule has 0 saturated carbocycles. The van der Waals surface area contributed by atoms with Crippen molar-refractivity contribution in [1.82, 2.24) is 10.2 Å². The molecule has 0 aromatic carbocycles. The third-order valence-corrected chi connectivity index (χ3v) is 3.01. The highest BCUT2D eigenvalue weighted by Gasteiger charge is 2.35. The lowest BCUT2D eigenvalue weighted by molar-refractivity contribution is -0.147. The third-order valence-electron chi connectivity index (χ3n) is 3.01. The average molecular weight is 258 g/mol. The van der Waals surface area contributed by atoms with Gasteiger partial charge in [-0.05, 0) is 5.92 Å². The van der Waals surface area contributed by atoms with E-state index in [9.17, 15) is 9.59 Å². The van der Waals surface area contributed by atoms with Crippen LogP contribution in [0.15, 0.2) is 0 Å². The molecule has 1 heterocycles. The molecule has 0 aromatic heterocycles. The Hall–Kier alpha value is -1.14. The molecular formula is C12H22N2O4. The van der Waals surface area contributed by atoms with E-state index < -0.39 is 6.04 Å². The Morgan fingerprint density at radius 1 is 1.39 bits per heavy atom. The zero-order valence-corrected chi connectivity index (χ0v) is 11.4. The van der Waals surface area contributed by atoms with E-state index in [0.717, 1.165) is 0 Å². The largest absolute Gasteiger partial charge is 0.382 e. The molecule has 18 heavy (non-hydrogen) atoms. The van der Waals surface area contributed by atoms with Gasteiger partial charge in [-0.1, -0.05) is 13.8 Å². The van der Waals surface area contributed by atoms with Gasteiger partial charge in [0, 0.05) is 20.8 Å². The van der Waals surface area contributed by atoms with Crippen LogP contribution in [-0.2, 0) is 19.1 Å². The van der Waals surface area contributed by atoms with Crippen molar-refractivity contribution < 1.29 is 19.1 Å². The van der Waals surface area contributed by atoms with Crippen LogP contribution in [0.25, 0.3) is 0 Å². The topological polar surface area (TPSA) is 67.9 Å². The lowest BCUT2D eigenvalue weighted by Gasteiger charge is -2.35. The molecule has 1 rings (SSSR count).